The van der Waals surface area contributed by atoms with Crippen LogP contribution in [0.1, 0.15) is 12.6 Å². The molecule has 0 aliphatic carbocycles. The number of aromatic nitrogens is 1. The Morgan fingerprint density at radius 3 is 3.20 bits per heavy atom. The zero-order valence-corrected chi connectivity index (χ0v) is 8.77. The topological polar surface area (TPSA) is 88.0 Å². The number of carbonyl (C=O) groups excluding carboxylic acids is 1. The average Bonchev–Trinajstić information content (AvgIpc) is 2.70. The zero-order chi connectivity index (χ0) is 11.1. The molecule has 0 aliphatic rings. The third kappa shape index (κ3) is 3.41. The maximum atomic E-state index is 11.3. The molecule has 0 atom stereocenters. The molecule has 0 bridgehead atoms. The largest absolute Gasteiger partial charge is 0.462 e. The van der Waals surface area contributed by atoms with E-state index in [-0.39, 0.29) is 12.3 Å². The molecule has 1 rings (SSSR count). The van der Waals surface area contributed by atoms with Crippen LogP contribution in [0.4, 0.5) is 0 Å². The average molecular weight is 224 g/mol. The predicted octanol–water partition coefficient (Wildman–Crippen LogP) is 2.36. The molecule has 1 heterocycles. The first kappa shape index (κ1) is 11.2. The molecule has 0 N–H and O–H groups in total. The fourth-order valence-electron chi connectivity index (χ4n) is 0.815. The Kier molecular flexibility index (Phi) is 4.33. The van der Waals surface area contributed by atoms with Gasteiger partial charge in [-0.2, -0.15) is 0 Å². The fourth-order valence-corrected chi connectivity index (χ4v) is 1.33. The highest BCUT2D eigenvalue weighted by atomic mass is 32.1. The van der Waals surface area contributed by atoms with Crippen molar-refractivity contribution in [3.05, 3.63) is 32.7 Å². The number of rotatable bonds is 4. The van der Waals surface area contributed by atoms with Gasteiger partial charge in [-0.05, 0) is 18.5 Å². The van der Waals surface area contributed by atoms with E-state index < -0.39 is 5.97 Å². The Hall–Kier alpha value is -1.85. The van der Waals surface area contributed by atoms with Gasteiger partial charge in [0.05, 0.1) is 17.8 Å². The van der Waals surface area contributed by atoms with Crippen LogP contribution < -0.4 is 0 Å². The highest BCUT2D eigenvalue weighted by Gasteiger charge is 2.08. The van der Waals surface area contributed by atoms with Gasteiger partial charge in [0.1, 0.15) is 5.70 Å². The second kappa shape index (κ2) is 5.79. The third-order valence-electron chi connectivity index (χ3n) is 1.37. The molecule has 0 radical (unpaired) electrons. The van der Waals surface area contributed by atoms with E-state index in [0.29, 0.717) is 5.69 Å². The van der Waals surface area contributed by atoms with E-state index in [1.807, 2.05) is 0 Å². The molecule has 0 aromatic carbocycles. The van der Waals surface area contributed by atoms with Crippen LogP contribution in [-0.4, -0.2) is 17.6 Å². The number of carbonyl (C=O) groups is 1. The van der Waals surface area contributed by atoms with Crippen LogP contribution in [0.25, 0.3) is 16.5 Å². The summed E-state index contributed by atoms with van der Waals surface area (Å²) >= 11 is 1.38. The SMILES string of the molecule is CCOC(=O)/C(=C/c1cscn1)N=[N+]=[N-]. The molecule has 0 fully saturated rings. The Morgan fingerprint density at radius 2 is 2.67 bits per heavy atom. The standard InChI is InChI=1S/C8H8N4O2S/c1-2-14-8(13)7(11-12-9)3-6-4-15-5-10-6/h3-5H,2H2,1H3/b7-3-. The maximum absolute atomic E-state index is 11.3. The molecule has 0 saturated heterocycles. The summed E-state index contributed by atoms with van der Waals surface area (Å²) in [5.74, 6) is -0.650. The highest BCUT2D eigenvalue weighted by molar-refractivity contribution is 7.07. The minimum atomic E-state index is -0.650. The van der Waals surface area contributed by atoms with Crippen LogP contribution >= 0.6 is 11.3 Å². The van der Waals surface area contributed by atoms with Gasteiger partial charge in [0.2, 0.25) is 0 Å². The number of hydrogen-bond acceptors (Lipinski definition) is 5. The van der Waals surface area contributed by atoms with Crippen molar-refractivity contribution in [2.24, 2.45) is 5.11 Å². The molecular formula is C8H8N4O2S. The van der Waals surface area contributed by atoms with Gasteiger partial charge in [-0.3, -0.25) is 0 Å². The lowest BCUT2D eigenvalue weighted by molar-refractivity contribution is -0.138. The number of azide groups is 1. The molecular weight excluding hydrogens is 216 g/mol. The van der Waals surface area contributed by atoms with E-state index in [4.69, 9.17) is 10.3 Å². The second-order valence-electron chi connectivity index (χ2n) is 2.35. The first-order valence-corrected chi connectivity index (χ1v) is 5.04. The first-order valence-electron chi connectivity index (χ1n) is 4.10. The summed E-state index contributed by atoms with van der Waals surface area (Å²) in [6.45, 7) is 1.91. The quantitative estimate of drug-likeness (QED) is 0.258. The number of thiazole rings is 1. The van der Waals surface area contributed by atoms with E-state index in [1.54, 1.807) is 17.8 Å². The lowest BCUT2D eigenvalue weighted by Crippen LogP contribution is -2.05. The Balaban J connectivity index is 2.92. The molecule has 1 aromatic heterocycles. The van der Waals surface area contributed by atoms with Crippen molar-refractivity contribution in [2.45, 2.75) is 6.92 Å². The van der Waals surface area contributed by atoms with Gasteiger partial charge in [0, 0.05) is 10.3 Å². The van der Waals surface area contributed by atoms with Crippen molar-refractivity contribution < 1.29 is 9.53 Å². The number of nitrogens with zero attached hydrogens (tertiary/aromatic N) is 4. The maximum Gasteiger partial charge on any atom is 0.340 e. The van der Waals surface area contributed by atoms with Crippen molar-refractivity contribution in [1.82, 2.24) is 4.98 Å². The lowest BCUT2D eigenvalue weighted by Gasteiger charge is -1.99. The number of esters is 1. The smallest absolute Gasteiger partial charge is 0.340 e. The summed E-state index contributed by atoms with van der Waals surface area (Å²) < 4.78 is 4.71. The van der Waals surface area contributed by atoms with Crippen LogP contribution in [0.15, 0.2) is 21.7 Å². The summed E-state index contributed by atoms with van der Waals surface area (Å²) in [4.78, 5) is 17.8. The van der Waals surface area contributed by atoms with Gasteiger partial charge in [-0.25, -0.2) is 9.78 Å². The zero-order valence-electron chi connectivity index (χ0n) is 7.95. The van der Waals surface area contributed by atoms with Gasteiger partial charge in [0.15, 0.2) is 0 Å². The summed E-state index contributed by atoms with van der Waals surface area (Å²) in [5.41, 5.74) is 10.4. The van der Waals surface area contributed by atoms with Crippen LogP contribution in [0, 0.1) is 0 Å². The van der Waals surface area contributed by atoms with Gasteiger partial charge >= 0.3 is 5.97 Å². The minimum absolute atomic E-state index is 0.0924. The molecule has 78 valence electrons. The Bertz CT molecular complexity index is 406. The molecule has 7 heteroatoms. The molecule has 0 saturated carbocycles. The predicted molar refractivity (Wildman–Crippen MR) is 55.9 cm³/mol. The third-order valence-corrected chi connectivity index (χ3v) is 1.98. The van der Waals surface area contributed by atoms with E-state index >= 15 is 0 Å². The van der Waals surface area contributed by atoms with E-state index in [0.717, 1.165) is 0 Å². The summed E-state index contributed by atoms with van der Waals surface area (Å²) in [7, 11) is 0. The van der Waals surface area contributed by atoms with Gasteiger partial charge in [0.25, 0.3) is 0 Å². The van der Waals surface area contributed by atoms with Crippen molar-refractivity contribution in [2.75, 3.05) is 6.61 Å². The minimum Gasteiger partial charge on any atom is -0.462 e. The number of hydrogen-bond donors (Lipinski definition) is 0. The van der Waals surface area contributed by atoms with Crippen molar-refractivity contribution in [3.8, 4) is 0 Å². The molecule has 0 unspecified atom stereocenters. The van der Waals surface area contributed by atoms with Crippen LogP contribution in [-0.2, 0) is 9.53 Å². The molecule has 15 heavy (non-hydrogen) atoms. The molecule has 0 spiro atoms. The number of ether oxygens (including phenoxy) is 1. The molecule has 6 nitrogen and oxygen atoms in total. The van der Waals surface area contributed by atoms with Gasteiger partial charge < -0.3 is 4.74 Å². The normalized spacial score (nSPS) is 10.6. The van der Waals surface area contributed by atoms with Crippen molar-refractivity contribution >= 4 is 23.4 Å². The highest BCUT2D eigenvalue weighted by Crippen LogP contribution is 2.10. The molecule has 0 amide bonds. The molecule has 0 aliphatic heterocycles. The van der Waals surface area contributed by atoms with Crippen molar-refractivity contribution in [3.63, 3.8) is 0 Å². The monoisotopic (exact) mass is 224 g/mol. The van der Waals surface area contributed by atoms with Crippen LogP contribution in [0.2, 0.25) is 0 Å². The summed E-state index contributed by atoms with van der Waals surface area (Å²) in [6, 6.07) is 0. The second-order valence-corrected chi connectivity index (χ2v) is 3.07. The lowest BCUT2D eigenvalue weighted by atomic mass is 10.3. The van der Waals surface area contributed by atoms with E-state index in [1.165, 1.54) is 17.4 Å². The van der Waals surface area contributed by atoms with Crippen molar-refractivity contribution in [1.29, 1.82) is 0 Å². The Morgan fingerprint density at radius 1 is 1.87 bits per heavy atom. The Labute approximate surface area is 89.8 Å². The van der Waals surface area contributed by atoms with E-state index in [2.05, 4.69) is 15.0 Å². The van der Waals surface area contributed by atoms with Gasteiger partial charge in [-0.1, -0.05) is 5.11 Å². The van der Waals surface area contributed by atoms with Crippen LogP contribution in [0.3, 0.4) is 0 Å². The fraction of sp³-hybridized carbons (Fsp3) is 0.250. The van der Waals surface area contributed by atoms with Gasteiger partial charge in [-0.15, -0.1) is 11.3 Å². The van der Waals surface area contributed by atoms with E-state index in [9.17, 15) is 4.79 Å². The summed E-state index contributed by atoms with van der Waals surface area (Å²) in [6.07, 6.45) is 1.38. The molecule has 1 aromatic rings. The first-order chi connectivity index (χ1) is 7.27. The van der Waals surface area contributed by atoms with Crippen LogP contribution in [0.5, 0.6) is 0 Å². The summed E-state index contributed by atoms with van der Waals surface area (Å²) in [5, 5.41) is 4.98.